The first-order chi connectivity index (χ1) is 10.0. The minimum atomic E-state index is -0.170. The number of hydrogen-bond acceptors (Lipinski definition) is 3. The molecule has 0 spiro atoms. The van der Waals surface area contributed by atoms with E-state index in [0.717, 1.165) is 28.0 Å². The fourth-order valence-electron chi connectivity index (χ4n) is 2.27. The van der Waals surface area contributed by atoms with E-state index >= 15 is 0 Å². The summed E-state index contributed by atoms with van der Waals surface area (Å²) in [6.45, 7) is 3.92. The van der Waals surface area contributed by atoms with E-state index < -0.39 is 0 Å². The molecule has 0 aliphatic heterocycles. The second kappa shape index (κ2) is 5.01. The lowest BCUT2D eigenvalue weighted by Gasteiger charge is -2.05. The molecule has 0 radical (unpaired) electrons. The van der Waals surface area contributed by atoms with Gasteiger partial charge in [0.1, 0.15) is 0 Å². The monoisotopic (exact) mass is 280 g/mol. The number of nitrogens with zero attached hydrogens (tertiary/aromatic N) is 3. The molecule has 3 rings (SSSR count). The molecule has 0 aliphatic carbocycles. The number of amides is 1. The maximum absolute atomic E-state index is 12.3. The molecule has 5 heteroatoms. The first kappa shape index (κ1) is 13.3. The Labute approximate surface area is 122 Å². The van der Waals surface area contributed by atoms with E-state index in [0.29, 0.717) is 5.56 Å². The first-order valence-electron chi connectivity index (χ1n) is 6.72. The minimum Gasteiger partial charge on any atom is -0.322 e. The Morgan fingerprint density at radius 3 is 2.62 bits per heavy atom. The predicted octanol–water partition coefficient (Wildman–Crippen LogP) is 2.84. The third-order valence-electron chi connectivity index (χ3n) is 3.43. The summed E-state index contributed by atoms with van der Waals surface area (Å²) in [7, 11) is 1.84. The molecule has 2 aromatic heterocycles. The number of aryl methyl sites for hydroxylation is 3. The van der Waals surface area contributed by atoms with Crippen LogP contribution in [0.5, 0.6) is 0 Å². The zero-order valence-electron chi connectivity index (χ0n) is 12.2. The standard InChI is InChI=1S/C16H16N4O/c1-10-4-6-13(7-5-10)18-16(21)12-8-14-11(2)19-20(3)15(14)17-9-12/h4-9H,1-3H3,(H,18,21). The number of benzene rings is 1. The fraction of sp³-hybridized carbons (Fsp3) is 0.188. The van der Waals surface area contributed by atoms with Gasteiger partial charge in [0.25, 0.3) is 5.91 Å². The molecule has 21 heavy (non-hydrogen) atoms. The lowest BCUT2D eigenvalue weighted by Crippen LogP contribution is -2.12. The zero-order valence-corrected chi connectivity index (χ0v) is 12.2. The molecule has 0 atom stereocenters. The van der Waals surface area contributed by atoms with Gasteiger partial charge >= 0.3 is 0 Å². The highest BCUT2D eigenvalue weighted by Gasteiger charge is 2.11. The summed E-state index contributed by atoms with van der Waals surface area (Å²) in [6.07, 6.45) is 1.58. The average Bonchev–Trinajstić information content (AvgIpc) is 2.76. The molecular formula is C16H16N4O. The normalized spacial score (nSPS) is 10.8. The van der Waals surface area contributed by atoms with Crippen molar-refractivity contribution in [3.05, 3.63) is 53.3 Å². The van der Waals surface area contributed by atoms with Crippen LogP contribution in [-0.2, 0) is 7.05 Å². The van der Waals surface area contributed by atoms with E-state index in [1.807, 2.05) is 51.2 Å². The molecule has 0 fully saturated rings. The van der Waals surface area contributed by atoms with Crippen LogP contribution in [0, 0.1) is 13.8 Å². The molecule has 5 nitrogen and oxygen atoms in total. The van der Waals surface area contributed by atoms with Gasteiger partial charge in [-0.2, -0.15) is 5.10 Å². The van der Waals surface area contributed by atoms with Crippen molar-refractivity contribution in [1.82, 2.24) is 14.8 Å². The first-order valence-corrected chi connectivity index (χ1v) is 6.72. The second-order valence-electron chi connectivity index (χ2n) is 5.12. The number of aromatic nitrogens is 3. The number of rotatable bonds is 2. The van der Waals surface area contributed by atoms with Gasteiger partial charge in [0.05, 0.1) is 11.3 Å². The van der Waals surface area contributed by atoms with E-state index in [1.165, 1.54) is 0 Å². The highest BCUT2D eigenvalue weighted by molar-refractivity contribution is 6.05. The summed E-state index contributed by atoms with van der Waals surface area (Å²) in [6, 6.07) is 9.52. The molecule has 0 saturated carbocycles. The van der Waals surface area contributed by atoms with Crippen LogP contribution in [0.4, 0.5) is 5.69 Å². The third-order valence-corrected chi connectivity index (χ3v) is 3.43. The molecule has 0 aliphatic rings. The number of hydrogen-bond donors (Lipinski definition) is 1. The van der Waals surface area contributed by atoms with Gasteiger partial charge in [-0.15, -0.1) is 0 Å². The number of carbonyl (C=O) groups excluding carboxylic acids is 1. The maximum atomic E-state index is 12.3. The zero-order chi connectivity index (χ0) is 15.0. The smallest absolute Gasteiger partial charge is 0.257 e. The molecule has 0 unspecified atom stereocenters. The molecular weight excluding hydrogens is 264 g/mol. The van der Waals surface area contributed by atoms with Crippen LogP contribution in [0.2, 0.25) is 0 Å². The predicted molar refractivity (Wildman–Crippen MR) is 82.4 cm³/mol. The van der Waals surface area contributed by atoms with Gasteiger partial charge < -0.3 is 5.32 Å². The average molecular weight is 280 g/mol. The van der Waals surface area contributed by atoms with Crippen LogP contribution >= 0.6 is 0 Å². The largest absolute Gasteiger partial charge is 0.322 e. The van der Waals surface area contributed by atoms with Crippen molar-refractivity contribution in [2.75, 3.05) is 5.32 Å². The van der Waals surface area contributed by atoms with E-state index in [4.69, 9.17) is 0 Å². The summed E-state index contributed by atoms with van der Waals surface area (Å²) >= 11 is 0. The summed E-state index contributed by atoms with van der Waals surface area (Å²) in [5.74, 6) is -0.170. The molecule has 0 bridgehead atoms. The Balaban J connectivity index is 1.91. The molecule has 1 amide bonds. The van der Waals surface area contributed by atoms with E-state index in [2.05, 4.69) is 15.4 Å². The van der Waals surface area contributed by atoms with Crippen molar-refractivity contribution in [3.63, 3.8) is 0 Å². The summed E-state index contributed by atoms with van der Waals surface area (Å²) in [4.78, 5) is 16.6. The molecule has 2 heterocycles. The third kappa shape index (κ3) is 2.50. The van der Waals surface area contributed by atoms with Gasteiger partial charge in [-0.3, -0.25) is 9.48 Å². The van der Waals surface area contributed by atoms with Crippen molar-refractivity contribution in [1.29, 1.82) is 0 Å². The Hall–Kier alpha value is -2.69. The Bertz CT molecular complexity index is 818. The Morgan fingerprint density at radius 2 is 1.90 bits per heavy atom. The molecule has 1 aromatic carbocycles. The summed E-state index contributed by atoms with van der Waals surface area (Å²) in [5, 5.41) is 8.07. The molecule has 106 valence electrons. The molecule has 0 saturated heterocycles. The number of carbonyl (C=O) groups is 1. The Kier molecular flexibility index (Phi) is 3.17. The van der Waals surface area contributed by atoms with Gasteiger partial charge in [0.15, 0.2) is 5.65 Å². The van der Waals surface area contributed by atoms with Gasteiger partial charge in [-0.1, -0.05) is 17.7 Å². The van der Waals surface area contributed by atoms with Crippen LogP contribution in [0.15, 0.2) is 36.5 Å². The number of anilines is 1. The van der Waals surface area contributed by atoms with Crippen molar-refractivity contribution >= 4 is 22.6 Å². The highest BCUT2D eigenvalue weighted by Crippen LogP contribution is 2.17. The van der Waals surface area contributed by atoms with Gasteiger partial charge in [-0.05, 0) is 32.0 Å². The summed E-state index contributed by atoms with van der Waals surface area (Å²) < 4.78 is 1.71. The number of fused-ring (bicyclic) bond motifs is 1. The molecule has 1 N–H and O–H groups in total. The molecule has 3 aromatic rings. The maximum Gasteiger partial charge on any atom is 0.257 e. The lowest BCUT2D eigenvalue weighted by atomic mass is 10.2. The van der Waals surface area contributed by atoms with Crippen LogP contribution < -0.4 is 5.32 Å². The topological polar surface area (TPSA) is 59.8 Å². The SMILES string of the molecule is Cc1ccc(NC(=O)c2cnc3c(c2)c(C)nn3C)cc1. The van der Waals surface area contributed by atoms with Crippen LogP contribution in [0.25, 0.3) is 11.0 Å². The minimum absolute atomic E-state index is 0.170. The lowest BCUT2D eigenvalue weighted by molar-refractivity contribution is 0.102. The quantitative estimate of drug-likeness (QED) is 0.785. The van der Waals surface area contributed by atoms with Crippen molar-refractivity contribution < 1.29 is 4.79 Å². The highest BCUT2D eigenvalue weighted by atomic mass is 16.1. The van der Waals surface area contributed by atoms with Gasteiger partial charge in [0.2, 0.25) is 0 Å². The van der Waals surface area contributed by atoms with Crippen LogP contribution in [-0.4, -0.2) is 20.7 Å². The second-order valence-corrected chi connectivity index (χ2v) is 5.12. The van der Waals surface area contributed by atoms with Gasteiger partial charge in [-0.25, -0.2) is 4.98 Å². The van der Waals surface area contributed by atoms with Crippen molar-refractivity contribution in [3.8, 4) is 0 Å². The van der Waals surface area contributed by atoms with Crippen molar-refractivity contribution in [2.24, 2.45) is 7.05 Å². The fourth-order valence-corrected chi connectivity index (χ4v) is 2.27. The van der Waals surface area contributed by atoms with Crippen LogP contribution in [0.1, 0.15) is 21.6 Å². The van der Waals surface area contributed by atoms with Crippen molar-refractivity contribution in [2.45, 2.75) is 13.8 Å². The number of pyridine rings is 1. The number of nitrogens with one attached hydrogen (secondary N) is 1. The van der Waals surface area contributed by atoms with E-state index in [1.54, 1.807) is 10.9 Å². The van der Waals surface area contributed by atoms with E-state index in [-0.39, 0.29) is 5.91 Å². The summed E-state index contributed by atoms with van der Waals surface area (Å²) in [5.41, 5.74) is 4.10. The van der Waals surface area contributed by atoms with Crippen LogP contribution in [0.3, 0.4) is 0 Å². The van der Waals surface area contributed by atoms with E-state index in [9.17, 15) is 4.79 Å². The Morgan fingerprint density at radius 1 is 1.19 bits per heavy atom. The van der Waals surface area contributed by atoms with Gasteiger partial charge in [0, 0.05) is 24.3 Å².